The molecule has 0 radical (unpaired) electrons. The van der Waals surface area contributed by atoms with Crippen LogP contribution in [0.2, 0.25) is 0 Å². The third kappa shape index (κ3) is 5.37. The monoisotopic (exact) mass is 332 g/mol. The summed E-state index contributed by atoms with van der Waals surface area (Å²) in [5.74, 6) is -0.542. The van der Waals surface area contributed by atoms with Gasteiger partial charge in [0.25, 0.3) is 5.91 Å². The van der Waals surface area contributed by atoms with Gasteiger partial charge in [-0.25, -0.2) is 4.39 Å². The molecule has 1 amide bonds. The number of hydrogen-bond acceptors (Lipinski definition) is 3. The Morgan fingerprint density at radius 2 is 1.87 bits per heavy atom. The Bertz CT molecular complexity index is 671. The van der Waals surface area contributed by atoms with Gasteiger partial charge >= 0.3 is 0 Å². The lowest BCUT2D eigenvalue weighted by Crippen LogP contribution is -2.33. The number of benzene rings is 2. The molecule has 122 valence electrons. The Labute approximate surface area is 140 Å². The van der Waals surface area contributed by atoms with E-state index in [0.29, 0.717) is 11.3 Å². The molecule has 0 fully saturated rings. The first-order valence-corrected chi connectivity index (χ1v) is 8.32. The summed E-state index contributed by atoms with van der Waals surface area (Å²) in [6, 6.07) is 13.1. The highest BCUT2D eigenvalue weighted by Crippen LogP contribution is 2.21. The van der Waals surface area contributed by atoms with Crippen LogP contribution in [0.3, 0.4) is 0 Å². The summed E-state index contributed by atoms with van der Waals surface area (Å²) in [6.07, 6.45) is 1.00. The van der Waals surface area contributed by atoms with Crippen molar-refractivity contribution in [2.75, 3.05) is 5.32 Å². The molecule has 0 atom stereocenters. The summed E-state index contributed by atoms with van der Waals surface area (Å²) in [5, 5.41) is 2.76. The molecule has 23 heavy (non-hydrogen) atoms. The number of nitrogens with one attached hydrogen (secondary N) is 2. The van der Waals surface area contributed by atoms with Gasteiger partial charge < -0.3 is 5.32 Å². The summed E-state index contributed by atoms with van der Waals surface area (Å²) >= 11 is 1.51. The summed E-state index contributed by atoms with van der Waals surface area (Å²) in [4.78, 5) is 13.2. The van der Waals surface area contributed by atoms with Gasteiger partial charge in [-0.3, -0.25) is 9.52 Å². The van der Waals surface area contributed by atoms with Gasteiger partial charge in [0.1, 0.15) is 5.82 Å². The second-order valence-electron chi connectivity index (χ2n) is 5.93. The van der Waals surface area contributed by atoms with Gasteiger partial charge in [0.2, 0.25) is 0 Å². The van der Waals surface area contributed by atoms with Gasteiger partial charge in [-0.15, -0.1) is 0 Å². The molecule has 0 aromatic heterocycles. The quantitative estimate of drug-likeness (QED) is 0.742. The van der Waals surface area contributed by atoms with Crippen molar-refractivity contribution in [1.82, 2.24) is 4.72 Å². The zero-order valence-corrected chi connectivity index (χ0v) is 14.3. The topological polar surface area (TPSA) is 41.1 Å². The standard InChI is InChI=1S/C18H21FN2OS/c1-4-18(2,3)21-23-16-7-5-6-13(12-16)17(22)20-15-10-8-14(19)9-11-15/h5-12,21H,4H2,1-3H3,(H,20,22). The molecule has 2 N–H and O–H groups in total. The van der Waals surface area contributed by atoms with Crippen LogP contribution in [0.25, 0.3) is 0 Å². The molecule has 5 heteroatoms. The van der Waals surface area contributed by atoms with Crippen molar-refractivity contribution in [2.24, 2.45) is 0 Å². The van der Waals surface area contributed by atoms with Crippen molar-refractivity contribution >= 4 is 23.5 Å². The number of carbonyl (C=O) groups excluding carboxylic acids is 1. The van der Waals surface area contributed by atoms with Crippen molar-refractivity contribution < 1.29 is 9.18 Å². The van der Waals surface area contributed by atoms with Gasteiger partial charge in [0.05, 0.1) is 0 Å². The van der Waals surface area contributed by atoms with Crippen LogP contribution < -0.4 is 10.0 Å². The van der Waals surface area contributed by atoms with Gasteiger partial charge in [0, 0.05) is 21.7 Å². The molecule has 0 aliphatic carbocycles. The zero-order chi connectivity index (χ0) is 16.9. The molecule has 2 rings (SSSR count). The average molecular weight is 332 g/mol. The van der Waals surface area contributed by atoms with Crippen LogP contribution in [-0.2, 0) is 0 Å². The molecular formula is C18H21FN2OS. The van der Waals surface area contributed by atoms with E-state index in [1.807, 2.05) is 18.2 Å². The number of anilines is 1. The average Bonchev–Trinajstić information content (AvgIpc) is 2.55. The van der Waals surface area contributed by atoms with Gasteiger partial charge in [-0.05, 0) is 74.7 Å². The molecule has 0 saturated carbocycles. The van der Waals surface area contributed by atoms with Crippen molar-refractivity contribution in [3.8, 4) is 0 Å². The van der Waals surface area contributed by atoms with Crippen LogP contribution in [0.15, 0.2) is 53.4 Å². The molecule has 2 aromatic rings. The highest BCUT2D eigenvalue weighted by Gasteiger charge is 2.15. The molecular weight excluding hydrogens is 311 g/mol. The van der Waals surface area contributed by atoms with Gasteiger partial charge in [-0.2, -0.15) is 0 Å². The minimum Gasteiger partial charge on any atom is -0.322 e. The maximum Gasteiger partial charge on any atom is 0.255 e. The SMILES string of the molecule is CCC(C)(C)NSc1cccc(C(=O)Nc2ccc(F)cc2)c1. The fraction of sp³-hybridized carbons (Fsp3) is 0.278. The lowest BCUT2D eigenvalue weighted by atomic mass is 10.0. The van der Waals surface area contributed by atoms with Crippen molar-refractivity contribution in [3.63, 3.8) is 0 Å². The molecule has 0 spiro atoms. The van der Waals surface area contributed by atoms with E-state index in [4.69, 9.17) is 0 Å². The number of amides is 1. The second kappa shape index (κ2) is 7.62. The van der Waals surface area contributed by atoms with E-state index in [-0.39, 0.29) is 17.3 Å². The first kappa shape index (κ1) is 17.5. The Morgan fingerprint density at radius 3 is 2.52 bits per heavy atom. The summed E-state index contributed by atoms with van der Waals surface area (Å²) in [5.41, 5.74) is 1.16. The van der Waals surface area contributed by atoms with Gasteiger partial charge in [-0.1, -0.05) is 13.0 Å². The largest absolute Gasteiger partial charge is 0.322 e. The Hall–Kier alpha value is -1.85. The number of rotatable bonds is 6. The number of carbonyl (C=O) groups is 1. The lowest BCUT2D eigenvalue weighted by molar-refractivity contribution is 0.102. The fourth-order valence-electron chi connectivity index (χ4n) is 1.71. The Balaban J connectivity index is 2.03. The third-order valence-corrected chi connectivity index (χ3v) is 4.67. The number of halogens is 1. The molecule has 3 nitrogen and oxygen atoms in total. The normalized spacial score (nSPS) is 11.3. The van der Waals surface area contributed by atoms with E-state index < -0.39 is 0 Å². The summed E-state index contributed by atoms with van der Waals surface area (Å²) in [6.45, 7) is 6.39. The first-order valence-electron chi connectivity index (χ1n) is 7.50. The van der Waals surface area contributed by atoms with Crippen LogP contribution >= 0.6 is 11.9 Å². The molecule has 2 aromatic carbocycles. The molecule has 0 bridgehead atoms. The van der Waals surface area contributed by atoms with Crippen LogP contribution in [0.5, 0.6) is 0 Å². The lowest BCUT2D eigenvalue weighted by Gasteiger charge is -2.23. The molecule has 0 aliphatic heterocycles. The molecule has 0 saturated heterocycles. The van der Waals surface area contributed by atoms with E-state index in [1.54, 1.807) is 6.07 Å². The molecule has 0 aliphatic rings. The predicted octanol–water partition coefficient (Wildman–Crippen LogP) is 4.86. The predicted molar refractivity (Wildman–Crippen MR) is 94.2 cm³/mol. The number of hydrogen-bond donors (Lipinski definition) is 2. The van der Waals surface area contributed by atoms with E-state index in [2.05, 4.69) is 30.8 Å². The van der Waals surface area contributed by atoms with Crippen molar-refractivity contribution in [2.45, 2.75) is 37.6 Å². The highest BCUT2D eigenvalue weighted by molar-refractivity contribution is 7.97. The summed E-state index contributed by atoms with van der Waals surface area (Å²) in [7, 11) is 0. The van der Waals surface area contributed by atoms with E-state index in [9.17, 15) is 9.18 Å². The molecule has 0 unspecified atom stereocenters. The van der Waals surface area contributed by atoms with Gasteiger partial charge in [0.15, 0.2) is 0 Å². The van der Waals surface area contributed by atoms with Crippen LogP contribution in [0, 0.1) is 5.82 Å². The smallest absolute Gasteiger partial charge is 0.255 e. The highest BCUT2D eigenvalue weighted by atomic mass is 32.2. The Morgan fingerprint density at radius 1 is 1.17 bits per heavy atom. The maximum absolute atomic E-state index is 12.9. The maximum atomic E-state index is 12.9. The second-order valence-corrected chi connectivity index (χ2v) is 6.81. The Kier molecular flexibility index (Phi) is 5.80. The third-order valence-electron chi connectivity index (χ3n) is 3.53. The van der Waals surface area contributed by atoms with Crippen LogP contribution in [0.4, 0.5) is 10.1 Å². The first-order chi connectivity index (χ1) is 10.9. The minimum atomic E-state index is -0.328. The van der Waals surface area contributed by atoms with Crippen molar-refractivity contribution in [3.05, 3.63) is 59.9 Å². The van der Waals surface area contributed by atoms with E-state index in [1.165, 1.54) is 36.2 Å². The minimum absolute atomic E-state index is 0.0248. The van der Waals surface area contributed by atoms with E-state index >= 15 is 0 Å². The fourth-order valence-corrected chi connectivity index (χ4v) is 2.58. The van der Waals surface area contributed by atoms with E-state index in [0.717, 1.165) is 11.3 Å². The zero-order valence-electron chi connectivity index (χ0n) is 13.5. The van der Waals surface area contributed by atoms with Crippen molar-refractivity contribution in [1.29, 1.82) is 0 Å². The van der Waals surface area contributed by atoms with Crippen LogP contribution in [0.1, 0.15) is 37.6 Å². The summed E-state index contributed by atoms with van der Waals surface area (Å²) < 4.78 is 16.3. The van der Waals surface area contributed by atoms with Crippen LogP contribution in [-0.4, -0.2) is 11.4 Å². The molecule has 0 heterocycles.